The average molecular weight is 502 g/mol. The maximum Gasteiger partial charge on any atom is 0.335 e. The predicted octanol–water partition coefficient (Wildman–Crippen LogP) is 5.89. The third-order valence-electron chi connectivity index (χ3n) is 4.76. The van der Waals surface area contributed by atoms with E-state index in [1.807, 2.05) is 30.3 Å². The maximum atomic E-state index is 13.2. The van der Waals surface area contributed by atoms with Crippen LogP contribution >= 0.6 is 34.8 Å². The third kappa shape index (κ3) is 4.88. The van der Waals surface area contributed by atoms with Gasteiger partial charge in [-0.05, 0) is 35.9 Å². The van der Waals surface area contributed by atoms with E-state index in [0.29, 0.717) is 5.56 Å². The molecule has 0 saturated carbocycles. The molecule has 33 heavy (non-hydrogen) atoms. The number of urea groups is 1. The minimum Gasteiger partial charge on any atom is -0.487 e. The molecule has 166 valence electrons. The van der Waals surface area contributed by atoms with Gasteiger partial charge in [0, 0.05) is 10.6 Å². The molecule has 0 bridgehead atoms. The van der Waals surface area contributed by atoms with Crippen molar-refractivity contribution in [3.63, 3.8) is 0 Å². The van der Waals surface area contributed by atoms with E-state index >= 15 is 0 Å². The van der Waals surface area contributed by atoms with Crippen molar-refractivity contribution in [1.82, 2.24) is 5.32 Å². The Kier molecular flexibility index (Phi) is 6.70. The van der Waals surface area contributed by atoms with E-state index < -0.39 is 17.8 Å². The largest absolute Gasteiger partial charge is 0.487 e. The highest BCUT2D eigenvalue weighted by atomic mass is 35.5. The Labute approximate surface area is 204 Å². The van der Waals surface area contributed by atoms with Crippen molar-refractivity contribution >= 4 is 64.4 Å². The molecular formula is C24H15Cl3N2O4. The SMILES string of the molecule is O=C1NC(=O)N(c2ccccc2Cl)C(=O)/C1=C/c1cc(Cl)cc(Cl)c1OCc1ccccc1. The fraction of sp³-hybridized carbons (Fsp3) is 0.0417. The highest BCUT2D eigenvalue weighted by Gasteiger charge is 2.37. The van der Waals surface area contributed by atoms with Gasteiger partial charge in [0.15, 0.2) is 0 Å². The monoisotopic (exact) mass is 500 g/mol. The number of imide groups is 2. The second kappa shape index (κ2) is 9.67. The summed E-state index contributed by atoms with van der Waals surface area (Å²) >= 11 is 18.7. The number of amides is 4. The van der Waals surface area contributed by atoms with Gasteiger partial charge in [-0.1, -0.05) is 77.3 Å². The number of hydrogen-bond donors (Lipinski definition) is 1. The molecule has 6 nitrogen and oxygen atoms in total. The average Bonchev–Trinajstić information content (AvgIpc) is 2.78. The minimum absolute atomic E-state index is 0.143. The van der Waals surface area contributed by atoms with Gasteiger partial charge in [-0.25, -0.2) is 9.69 Å². The number of carbonyl (C=O) groups excluding carboxylic acids is 3. The quantitative estimate of drug-likeness (QED) is 0.349. The van der Waals surface area contributed by atoms with Crippen LogP contribution in [0.5, 0.6) is 5.75 Å². The summed E-state index contributed by atoms with van der Waals surface area (Å²) < 4.78 is 5.89. The number of rotatable bonds is 5. The van der Waals surface area contributed by atoms with Crippen LogP contribution in [0.15, 0.2) is 72.3 Å². The number of benzene rings is 3. The summed E-state index contributed by atoms with van der Waals surface area (Å²) in [7, 11) is 0. The summed E-state index contributed by atoms with van der Waals surface area (Å²) in [6.07, 6.45) is 1.28. The molecule has 0 spiro atoms. The molecule has 0 atom stereocenters. The summed E-state index contributed by atoms with van der Waals surface area (Å²) in [5.74, 6) is -1.47. The maximum absolute atomic E-state index is 13.2. The predicted molar refractivity (Wildman–Crippen MR) is 128 cm³/mol. The summed E-state index contributed by atoms with van der Waals surface area (Å²) in [5.41, 5.74) is 1.03. The highest BCUT2D eigenvalue weighted by Crippen LogP contribution is 2.36. The Morgan fingerprint density at radius 3 is 2.30 bits per heavy atom. The smallest absolute Gasteiger partial charge is 0.335 e. The number of ether oxygens (including phenoxy) is 1. The molecule has 3 aromatic carbocycles. The van der Waals surface area contributed by atoms with Crippen LogP contribution in [0.25, 0.3) is 6.08 Å². The second-order valence-corrected chi connectivity index (χ2v) is 8.24. The molecular weight excluding hydrogens is 487 g/mol. The van der Waals surface area contributed by atoms with Gasteiger partial charge < -0.3 is 4.74 Å². The van der Waals surface area contributed by atoms with Crippen LogP contribution in [0.1, 0.15) is 11.1 Å². The number of hydrogen-bond acceptors (Lipinski definition) is 4. The number of anilines is 1. The first kappa shape index (κ1) is 22.9. The van der Waals surface area contributed by atoms with Gasteiger partial charge in [-0.3, -0.25) is 14.9 Å². The van der Waals surface area contributed by atoms with Crippen LogP contribution < -0.4 is 15.0 Å². The highest BCUT2D eigenvalue weighted by molar-refractivity contribution is 6.42. The van der Waals surface area contributed by atoms with Crippen molar-refractivity contribution in [3.05, 3.63) is 98.5 Å². The van der Waals surface area contributed by atoms with Gasteiger partial charge in [-0.15, -0.1) is 0 Å². The molecule has 4 amide bonds. The first-order valence-corrected chi connectivity index (χ1v) is 10.8. The number of nitrogens with zero attached hydrogens (tertiary/aromatic N) is 1. The molecule has 1 aliphatic rings. The lowest BCUT2D eigenvalue weighted by atomic mass is 10.1. The minimum atomic E-state index is -0.903. The zero-order chi connectivity index (χ0) is 23.5. The summed E-state index contributed by atoms with van der Waals surface area (Å²) in [5, 5.41) is 2.81. The van der Waals surface area contributed by atoms with Crippen molar-refractivity contribution in [2.24, 2.45) is 0 Å². The summed E-state index contributed by atoms with van der Waals surface area (Å²) in [6.45, 7) is 0.197. The van der Waals surface area contributed by atoms with E-state index in [1.54, 1.807) is 12.1 Å². The molecule has 3 aromatic rings. The Bertz CT molecular complexity index is 1290. The molecule has 9 heteroatoms. The number of halogens is 3. The molecule has 0 aliphatic carbocycles. The van der Waals surface area contributed by atoms with Crippen molar-refractivity contribution in [2.75, 3.05) is 4.90 Å². The molecule has 1 heterocycles. The van der Waals surface area contributed by atoms with Gasteiger partial charge >= 0.3 is 6.03 Å². The number of carbonyl (C=O) groups is 3. The normalized spacial score (nSPS) is 15.1. The van der Waals surface area contributed by atoms with Crippen LogP contribution in [0.2, 0.25) is 15.1 Å². The molecule has 1 saturated heterocycles. The molecule has 0 unspecified atom stereocenters. The molecule has 1 N–H and O–H groups in total. The zero-order valence-electron chi connectivity index (χ0n) is 16.8. The summed E-state index contributed by atoms with van der Waals surface area (Å²) in [6, 6.07) is 17.8. The molecule has 1 fully saturated rings. The van der Waals surface area contributed by atoms with E-state index in [4.69, 9.17) is 39.5 Å². The fourth-order valence-electron chi connectivity index (χ4n) is 3.23. The van der Waals surface area contributed by atoms with Gasteiger partial charge in [0.05, 0.1) is 15.7 Å². The van der Waals surface area contributed by atoms with Crippen LogP contribution in [-0.2, 0) is 16.2 Å². The fourth-order valence-corrected chi connectivity index (χ4v) is 4.02. The van der Waals surface area contributed by atoms with Gasteiger partial charge in [0.25, 0.3) is 11.8 Å². The lowest BCUT2D eigenvalue weighted by Gasteiger charge is -2.27. The Hall–Kier alpha value is -3.32. The van der Waals surface area contributed by atoms with Crippen molar-refractivity contribution in [2.45, 2.75) is 6.61 Å². The molecule has 4 rings (SSSR count). The standard InChI is InChI=1S/C24H15Cl3N2O4/c25-16-10-15(21(19(27)12-16)33-13-14-6-2-1-3-7-14)11-17-22(30)28-24(32)29(23(17)31)20-9-5-4-8-18(20)26/h1-12H,13H2,(H,28,30,32)/b17-11+. The van der Waals surface area contributed by atoms with Crippen LogP contribution in [0.4, 0.5) is 10.5 Å². The first-order valence-electron chi connectivity index (χ1n) is 9.67. The van der Waals surface area contributed by atoms with Gasteiger partial charge in [-0.2, -0.15) is 0 Å². The Balaban J connectivity index is 1.74. The lowest BCUT2D eigenvalue weighted by Crippen LogP contribution is -2.54. The first-order chi connectivity index (χ1) is 15.8. The van der Waals surface area contributed by atoms with Gasteiger partial charge in [0.2, 0.25) is 0 Å². The van der Waals surface area contributed by atoms with Crippen molar-refractivity contribution in [3.8, 4) is 5.75 Å². The van der Waals surface area contributed by atoms with Crippen LogP contribution in [-0.4, -0.2) is 17.8 Å². The second-order valence-electron chi connectivity index (χ2n) is 6.99. The van der Waals surface area contributed by atoms with E-state index in [1.165, 1.54) is 30.3 Å². The zero-order valence-corrected chi connectivity index (χ0v) is 19.1. The lowest BCUT2D eigenvalue weighted by molar-refractivity contribution is -0.122. The number of nitrogens with one attached hydrogen (secondary N) is 1. The van der Waals surface area contributed by atoms with Crippen molar-refractivity contribution in [1.29, 1.82) is 0 Å². The summed E-state index contributed by atoms with van der Waals surface area (Å²) in [4.78, 5) is 38.9. The van der Waals surface area contributed by atoms with E-state index in [2.05, 4.69) is 5.32 Å². The molecule has 1 aliphatic heterocycles. The van der Waals surface area contributed by atoms with Crippen molar-refractivity contribution < 1.29 is 19.1 Å². The topological polar surface area (TPSA) is 75.7 Å². The van der Waals surface area contributed by atoms with Crippen LogP contribution in [0.3, 0.4) is 0 Å². The van der Waals surface area contributed by atoms with E-state index in [0.717, 1.165) is 10.5 Å². The molecule has 0 aromatic heterocycles. The van der Waals surface area contributed by atoms with E-state index in [9.17, 15) is 14.4 Å². The van der Waals surface area contributed by atoms with E-state index in [-0.39, 0.29) is 38.7 Å². The number of barbiturate groups is 1. The number of para-hydroxylation sites is 1. The Morgan fingerprint density at radius 2 is 1.58 bits per heavy atom. The third-order valence-corrected chi connectivity index (χ3v) is 5.58. The van der Waals surface area contributed by atoms with Gasteiger partial charge in [0.1, 0.15) is 17.9 Å². The molecule has 0 radical (unpaired) electrons. The van der Waals surface area contributed by atoms with Crippen LogP contribution in [0, 0.1) is 0 Å². The Morgan fingerprint density at radius 1 is 0.879 bits per heavy atom.